The molecule has 166 valence electrons. The Balaban J connectivity index is 2.84. The van der Waals surface area contributed by atoms with Crippen molar-refractivity contribution in [3.8, 4) is 0 Å². The molecule has 1 aliphatic rings. The molecule has 0 bridgehead atoms. The summed E-state index contributed by atoms with van der Waals surface area (Å²) in [4.78, 5) is 0. The first-order chi connectivity index (χ1) is 13.9. The lowest BCUT2D eigenvalue weighted by molar-refractivity contribution is -0.0283. The number of hydrogen-bond acceptors (Lipinski definition) is 3. The van der Waals surface area contributed by atoms with Gasteiger partial charge in [0.1, 0.15) is 0 Å². The van der Waals surface area contributed by atoms with Gasteiger partial charge in [-0.2, -0.15) is 0 Å². The predicted octanol–water partition coefficient (Wildman–Crippen LogP) is 5.73. The van der Waals surface area contributed by atoms with Crippen molar-refractivity contribution in [3.05, 3.63) is 83.6 Å². The van der Waals surface area contributed by atoms with Gasteiger partial charge < -0.3 is 15.3 Å². The molecule has 0 aliphatic heterocycles. The second-order valence-electron chi connectivity index (χ2n) is 9.32. The number of aliphatic hydroxyl groups excluding tert-OH is 2. The van der Waals surface area contributed by atoms with Crippen LogP contribution in [0.4, 0.5) is 0 Å². The Labute approximate surface area is 183 Å². The van der Waals surface area contributed by atoms with Crippen LogP contribution in [0.3, 0.4) is 0 Å². The molecule has 1 rings (SSSR count). The van der Waals surface area contributed by atoms with Crippen molar-refractivity contribution in [2.24, 2.45) is 5.41 Å². The summed E-state index contributed by atoms with van der Waals surface area (Å²) < 4.78 is 0. The lowest BCUT2D eigenvalue weighted by Crippen LogP contribution is -2.45. The van der Waals surface area contributed by atoms with Crippen LogP contribution in [0.2, 0.25) is 0 Å². The highest BCUT2D eigenvalue weighted by Gasteiger charge is 2.44. The fourth-order valence-corrected chi connectivity index (χ4v) is 3.99. The molecule has 3 atom stereocenters. The van der Waals surface area contributed by atoms with E-state index in [0.29, 0.717) is 6.42 Å². The second kappa shape index (κ2) is 11.5. The third kappa shape index (κ3) is 8.43. The first-order valence-corrected chi connectivity index (χ1v) is 10.7. The van der Waals surface area contributed by atoms with Crippen LogP contribution in [0.25, 0.3) is 0 Å². The normalized spacial score (nSPS) is 28.5. The molecule has 30 heavy (non-hydrogen) atoms. The molecule has 0 amide bonds. The van der Waals surface area contributed by atoms with Crippen LogP contribution in [-0.4, -0.2) is 33.1 Å². The van der Waals surface area contributed by atoms with E-state index in [-0.39, 0.29) is 11.8 Å². The molecule has 1 fully saturated rings. The molecule has 3 heteroatoms. The van der Waals surface area contributed by atoms with E-state index in [4.69, 9.17) is 0 Å². The summed E-state index contributed by atoms with van der Waals surface area (Å²) in [6.07, 6.45) is 18.0. The molecule has 0 saturated heterocycles. The van der Waals surface area contributed by atoms with Crippen LogP contribution in [-0.2, 0) is 0 Å². The zero-order valence-electron chi connectivity index (χ0n) is 19.5. The van der Waals surface area contributed by atoms with Gasteiger partial charge >= 0.3 is 0 Å². The minimum absolute atomic E-state index is 0.289. The van der Waals surface area contributed by atoms with Crippen LogP contribution in [0.1, 0.15) is 60.8 Å². The zero-order valence-corrected chi connectivity index (χ0v) is 19.5. The summed E-state index contributed by atoms with van der Waals surface area (Å²) in [6.45, 7) is 15.4. The Kier molecular flexibility index (Phi) is 9.96. The van der Waals surface area contributed by atoms with Gasteiger partial charge in [0.05, 0.1) is 17.8 Å². The molecule has 3 N–H and O–H groups in total. The van der Waals surface area contributed by atoms with Gasteiger partial charge in [0.2, 0.25) is 0 Å². The molecule has 1 saturated carbocycles. The van der Waals surface area contributed by atoms with Gasteiger partial charge in [0, 0.05) is 6.42 Å². The first-order valence-electron chi connectivity index (χ1n) is 10.7. The van der Waals surface area contributed by atoms with Gasteiger partial charge in [-0.3, -0.25) is 0 Å². The molecular weight excluding hydrogens is 372 g/mol. The summed E-state index contributed by atoms with van der Waals surface area (Å²) in [6, 6.07) is 0. The largest absolute Gasteiger partial charge is 0.393 e. The maximum absolute atomic E-state index is 10.8. The van der Waals surface area contributed by atoms with E-state index >= 15 is 0 Å². The third-order valence-corrected chi connectivity index (χ3v) is 5.51. The summed E-state index contributed by atoms with van der Waals surface area (Å²) in [7, 11) is 0. The van der Waals surface area contributed by atoms with Crippen LogP contribution in [0, 0.1) is 5.41 Å². The molecular formula is C27H40O3. The van der Waals surface area contributed by atoms with Gasteiger partial charge in [0.15, 0.2) is 0 Å². The summed E-state index contributed by atoms with van der Waals surface area (Å²) in [5.41, 5.74) is 2.45. The van der Waals surface area contributed by atoms with Gasteiger partial charge in [-0.15, -0.1) is 6.58 Å². The third-order valence-electron chi connectivity index (χ3n) is 5.51. The van der Waals surface area contributed by atoms with Crippen molar-refractivity contribution in [1.29, 1.82) is 0 Å². The molecule has 0 aromatic rings. The molecule has 3 nitrogen and oxygen atoms in total. The smallest absolute Gasteiger partial charge is 0.0936 e. The average molecular weight is 413 g/mol. The van der Waals surface area contributed by atoms with Crippen molar-refractivity contribution in [2.75, 3.05) is 0 Å². The van der Waals surface area contributed by atoms with Crippen molar-refractivity contribution in [1.82, 2.24) is 0 Å². The SMILES string of the molecule is C=CC/C(C)=C/C=C/C=C(C)/C=C/C=C(\C)C(O)/C=C1\C(C)(C)CC(O)CC1(C)O. The van der Waals surface area contributed by atoms with Crippen molar-refractivity contribution in [2.45, 2.75) is 78.6 Å². The molecule has 0 aromatic heterocycles. The summed E-state index contributed by atoms with van der Waals surface area (Å²) in [5, 5.41) is 31.5. The van der Waals surface area contributed by atoms with Crippen LogP contribution in [0.5, 0.6) is 0 Å². The van der Waals surface area contributed by atoms with Gasteiger partial charge in [-0.1, -0.05) is 73.6 Å². The van der Waals surface area contributed by atoms with E-state index in [1.54, 1.807) is 13.0 Å². The Bertz CT molecular complexity index is 750. The standard InChI is InChI=1S/C27H40O3/c1-8-12-20(2)13-9-10-14-21(3)15-11-16-22(4)24(29)17-25-26(5,6)18-23(28)19-27(25,7)30/h8-11,13-17,23-24,28-30H,1,12,18-19H2,2-7H3/b10-9+,15-11+,20-13+,21-14+,22-16+,25-17+. The predicted molar refractivity (Wildman–Crippen MR) is 128 cm³/mol. The van der Waals surface area contributed by atoms with Crippen molar-refractivity contribution in [3.63, 3.8) is 0 Å². The van der Waals surface area contributed by atoms with Crippen LogP contribution < -0.4 is 0 Å². The van der Waals surface area contributed by atoms with E-state index in [1.807, 2.05) is 70.2 Å². The Morgan fingerprint density at radius 3 is 2.30 bits per heavy atom. The van der Waals surface area contributed by atoms with Crippen LogP contribution in [0.15, 0.2) is 83.6 Å². The van der Waals surface area contributed by atoms with Crippen molar-refractivity contribution >= 4 is 0 Å². The topological polar surface area (TPSA) is 60.7 Å². The Morgan fingerprint density at radius 2 is 1.70 bits per heavy atom. The highest BCUT2D eigenvalue weighted by Crippen LogP contribution is 2.46. The quantitative estimate of drug-likeness (QED) is 0.352. The minimum Gasteiger partial charge on any atom is -0.393 e. The molecule has 0 radical (unpaired) electrons. The fourth-order valence-electron chi connectivity index (χ4n) is 3.99. The molecule has 0 heterocycles. The fraction of sp³-hybridized carbons (Fsp3) is 0.481. The number of aliphatic hydroxyl groups is 3. The lowest BCUT2D eigenvalue weighted by Gasteiger charge is -2.45. The summed E-state index contributed by atoms with van der Waals surface area (Å²) in [5.74, 6) is 0. The zero-order chi connectivity index (χ0) is 22.9. The van der Waals surface area contributed by atoms with E-state index in [1.165, 1.54) is 5.57 Å². The first kappa shape index (κ1) is 26.1. The number of rotatable bonds is 8. The highest BCUT2D eigenvalue weighted by molar-refractivity contribution is 5.32. The Morgan fingerprint density at radius 1 is 1.07 bits per heavy atom. The molecule has 0 spiro atoms. The Hall–Kier alpha value is -1.94. The minimum atomic E-state index is -1.12. The van der Waals surface area contributed by atoms with E-state index < -0.39 is 17.8 Å². The van der Waals surface area contributed by atoms with Crippen molar-refractivity contribution < 1.29 is 15.3 Å². The lowest BCUT2D eigenvalue weighted by atomic mass is 9.64. The molecule has 1 aliphatic carbocycles. The number of allylic oxidation sites excluding steroid dienone is 10. The van der Waals surface area contributed by atoms with Gasteiger partial charge in [0.25, 0.3) is 0 Å². The van der Waals surface area contributed by atoms with E-state index in [0.717, 1.165) is 23.1 Å². The molecule has 3 unspecified atom stereocenters. The van der Waals surface area contributed by atoms with E-state index in [2.05, 4.69) is 19.6 Å². The van der Waals surface area contributed by atoms with Crippen LogP contribution >= 0.6 is 0 Å². The van der Waals surface area contributed by atoms with Gasteiger partial charge in [-0.25, -0.2) is 0 Å². The van der Waals surface area contributed by atoms with Gasteiger partial charge in [-0.05, 0) is 63.2 Å². The highest BCUT2D eigenvalue weighted by atomic mass is 16.3. The maximum atomic E-state index is 10.8. The maximum Gasteiger partial charge on any atom is 0.0936 e. The summed E-state index contributed by atoms with van der Waals surface area (Å²) >= 11 is 0. The monoisotopic (exact) mass is 412 g/mol. The average Bonchev–Trinajstić information content (AvgIpc) is 2.60. The number of hydrogen-bond donors (Lipinski definition) is 3. The second-order valence-corrected chi connectivity index (χ2v) is 9.32. The molecule has 0 aromatic carbocycles. The van der Waals surface area contributed by atoms with E-state index in [9.17, 15) is 15.3 Å².